The van der Waals surface area contributed by atoms with Gasteiger partial charge in [-0.3, -0.25) is 0 Å². The van der Waals surface area contributed by atoms with Crippen molar-refractivity contribution < 1.29 is 0 Å². The van der Waals surface area contributed by atoms with Crippen LogP contribution >= 0.6 is 0 Å². The number of piperidine rings is 1. The first-order valence-electron chi connectivity index (χ1n) is 4.66. The Morgan fingerprint density at radius 3 is 2.27 bits per heavy atom. The van der Waals surface area contributed by atoms with Crippen LogP contribution in [-0.2, 0) is 0 Å². The molecule has 1 aliphatic heterocycles. The molecule has 0 amide bonds. The molecule has 0 atom stereocenters. The zero-order valence-corrected chi connectivity index (χ0v) is 7.81. The molecule has 68 valence electrons. The maximum absolute atomic E-state index is 2.60. The van der Waals surface area contributed by atoms with Crippen molar-refractivity contribution >= 4 is 0 Å². The molecule has 0 aromatic rings. The van der Waals surface area contributed by atoms with Crippen molar-refractivity contribution in [1.82, 2.24) is 11.1 Å². The summed E-state index contributed by atoms with van der Waals surface area (Å²) in [6, 6.07) is 0. The second kappa shape index (κ2) is 6.62. The van der Waals surface area contributed by atoms with E-state index < -0.39 is 0 Å². The normalized spacial score (nSPS) is 19.4. The fraction of sp³-hybridized carbons (Fsp3) is 1.00. The van der Waals surface area contributed by atoms with E-state index >= 15 is 0 Å². The van der Waals surface area contributed by atoms with Crippen LogP contribution in [0.15, 0.2) is 0 Å². The van der Waals surface area contributed by atoms with Crippen LogP contribution in [-0.4, -0.2) is 24.5 Å². The van der Waals surface area contributed by atoms with Crippen LogP contribution in [0.1, 0.15) is 39.0 Å². The third-order valence-electron chi connectivity index (χ3n) is 2.28. The molecule has 11 heavy (non-hydrogen) atoms. The maximum atomic E-state index is 2.60. The molecule has 1 saturated heterocycles. The van der Waals surface area contributed by atoms with Crippen molar-refractivity contribution in [3.8, 4) is 0 Å². The van der Waals surface area contributed by atoms with Crippen LogP contribution in [0.3, 0.4) is 0 Å². The highest BCUT2D eigenvalue weighted by Crippen LogP contribution is 2.08. The van der Waals surface area contributed by atoms with Gasteiger partial charge in [-0.25, -0.2) is 0 Å². The lowest BCUT2D eigenvalue weighted by Gasteiger charge is -2.25. The van der Waals surface area contributed by atoms with Crippen molar-refractivity contribution in [2.45, 2.75) is 39.0 Å². The number of unbranched alkanes of at least 4 members (excludes halogenated alkanes) is 1. The predicted octanol–water partition coefficient (Wildman–Crippen LogP) is 2.43. The molecule has 0 aromatic heterocycles. The van der Waals surface area contributed by atoms with Gasteiger partial charge in [0.1, 0.15) is 0 Å². The summed E-state index contributed by atoms with van der Waals surface area (Å²) in [6.07, 6.45) is 7.06. The molecule has 2 heteroatoms. The molecule has 1 aliphatic rings. The van der Waals surface area contributed by atoms with Gasteiger partial charge in [0.15, 0.2) is 0 Å². The molecule has 0 saturated carbocycles. The lowest BCUT2D eigenvalue weighted by Crippen LogP contribution is -2.30. The number of hydrogen-bond donors (Lipinski definition) is 1. The summed E-state index contributed by atoms with van der Waals surface area (Å²) >= 11 is 0. The molecule has 3 N–H and O–H groups in total. The van der Waals surface area contributed by atoms with Crippen LogP contribution in [0.4, 0.5) is 0 Å². The lowest BCUT2D eigenvalue weighted by molar-refractivity contribution is 0.226. The van der Waals surface area contributed by atoms with E-state index in [2.05, 4.69) is 11.8 Å². The minimum atomic E-state index is 0. The van der Waals surface area contributed by atoms with Gasteiger partial charge < -0.3 is 11.1 Å². The lowest BCUT2D eigenvalue weighted by atomic mass is 10.1. The molecule has 1 fully saturated rings. The number of nitrogens with zero attached hydrogens (tertiary/aromatic N) is 1. The van der Waals surface area contributed by atoms with Gasteiger partial charge in [0, 0.05) is 0 Å². The Morgan fingerprint density at radius 2 is 1.73 bits per heavy atom. The van der Waals surface area contributed by atoms with Crippen molar-refractivity contribution in [3.63, 3.8) is 0 Å². The fourth-order valence-corrected chi connectivity index (χ4v) is 1.56. The van der Waals surface area contributed by atoms with E-state index in [1.165, 1.54) is 51.7 Å². The van der Waals surface area contributed by atoms with Gasteiger partial charge >= 0.3 is 0 Å². The highest BCUT2D eigenvalue weighted by Gasteiger charge is 2.07. The summed E-state index contributed by atoms with van der Waals surface area (Å²) < 4.78 is 0. The van der Waals surface area contributed by atoms with E-state index in [0.29, 0.717) is 0 Å². The molecule has 1 heterocycles. The Morgan fingerprint density at radius 1 is 1.09 bits per heavy atom. The van der Waals surface area contributed by atoms with Gasteiger partial charge in [0.05, 0.1) is 0 Å². The molecule has 0 unspecified atom stereocenters. The topological polar surface area (TPSA) is 38.2 Å². The van der Waals surface area contributed by atoms with E-state index in [4.69, 9.17) is 0 Å². The van der Waals surface area contributed by atoms with Gasteiger partial charge in [-0.05, 0) is 38.9 Å². The third kappa shape index (κ3) is 4.38. The summed E-state index contributed by atoms with van der Waals surface area (Å²) in [5.41, 5.74) is 0. The van der Waals surface area contributed by atoms with Gasteiger partial charge in [0.2, 0.25) is 0 Å². The van der Waals surface area contributed by atoms with Crippen LogP contribution in [0.25, 0.3) is 0 Å². The van der Waals surface area contributed by atoms with Crippen LogP contribution in [0, 0.1) is 0 Å². The van der Waals surface area contributed by atoms with Gasteiger partial charge in [0.25, 0.3) is 0 Å². The van der Waals surface area contributed by atoms with Crippen molar-refractivity contribution in [1.29, 1.82) is 0 Å². The third-order valence-corrected chi connectivity index (χ3v) is 2.28. The molecule has 0 bridgehead atoms. The van der Waals surface area contributed by atoms with Gasteiger partial charge in [-0.15, -0.1) is 0 Å². The average molecular weight is 158 g/mol. The minimum absolute atomic E-state index is 0. The molecular formula is C9H22N2. The molecule has 0 aromatic carbocycles. The van der Waals surface area contributed by atoms with Crippen LogP contribution in [0.2, 0.25) is 0 Å². The Kier molecular flexibility index (Phi) is 6.57. The van der Waals surface area contributed by atoms with E-state index in [1.807, 2.05) is 0 Å². The Hall–Kier alpha value is -0.0800. The largest absolute Gasteiger partial charge is 0.344 e. The quantitative estimate of drug-likeness (QED) is 0.685. The Labute approximate surface area is 70.5 Å². The van der Waals surface area contributed by atoms with Crippen molar-refractivity contribution in [2.75, 3.05) is 19.6 Å². The van der Waals surface area contributed by atoms with Crippen LogP contribution < -0.4 is 6.15 Å². The highest BCUT2D eigenvalue weighted by atomic mass is 15.1. The zero-order chi connectivity index (χ0) is 7.23. The number of rotatable bonds is 3. The number of likely N-dealkylation sites (tertiary alicyclic amines) is 1. The van der Waals surface area contributed by atoms with Crippen molar-refractivity contribution in [3.05, 3.63) is 0 Å². The second-order valence-electron chi connectivity index (χ2n) is 3.26. The van der Waals surface area contributed by atoms with Gasteiger partial charge in [-0.2, -0.15) is 0 Å². The minimum Gasteiger partial charge on any atom is -0.344 e. The Bertz CT molecular complexity index is 77.6. The first kappa shape index (κ1) is 10.9. The fourth-order valence-electron chi connectivity index (χ4n) is 1.56. The number of hydrogen-bond acceptors (Lipinski definition) is 2. The average Bonchev–Trinajstić information content (AvgIpc) is 2.03. The summed E-state index contributed by atoms with van der Waals surface area (Å²) in [4.78, 5) is 2.60. The molecule has 0 radical (unpaired) electrons. The molecule has 0 spiro atoms. The first-order valence-corrected chi connectivity index (χ1v) is 4.66. The second-order valence-corrected chi connectivity index (χ2v) is 3.26. The van der Waals surface area contributed by atoms with E-state index in [1.54, 1.807) is 0 Å². The van der Waals surface area contributed by atoms with Gasteiger partial charge in [-0.1, -0.05) is 19.8 Å². The molecule has 1 rings (SSSR count). The van der Waals surface area contributed by atoms with E-state index in [-0.39, 0.29) is 6.15 Å². The zero-order valence-electron chi connectivity index (χ0n) is 7.81. The van der Waals surface area contributed by atoms with E-state index in [0.717, 1.165) is 0 Å². The smallest absolute Gasteiger partial charge is 0.00187 e. The maximum Gasteiger partial charge on any atom is -0.00187 e. The highest BCUT2D eigenvalue weighted by molar-refractivity contribution is 4.63. The SMILES string of the molecule is CCCCN1CCCCC1.N. The summed E-state index contributed by atoms with van der Waals surface area (Å²) in [6.45, 7) is 6.33. The standard InChI is InChI=1S/C9H19N.H3N/c1-2-3-7-10-8-5-4-6-9-10;/h2-9H2,1H3;1H3. The predicted molar refractivity (Wildman–Crippen MR) is 50.2 cm³/mol. The molecular weight excluding hydrogens is 136 g/mol. The molecule has 2 nitrogen and oxygen atoms in total. The van der Waals surface area contributed by atoms with Crippen LogP contribution in [0.5, 0.6) is 0 Å². The summed E-state index contributed by atoms with van der Waals surface area (Å²) in [5.74, 6) is 0. The summed E-state index contributed by atoms with van der Waals surface area (Å²) in [5, 5.41) is 0. The van der Waals surface area contributed by atoms with Crippen molar-refractivity contribution in [2.24, 2.45) is 0 Å². The molecule has 0 aliphatic carbocycles. The Balaban J connectivity index is 0.000001000. The summed E-state index contributed by atoms with van der Waals surface area (Å²) in [7, 11) is 0. The van der Waals surface area contributed by atoms with E-state index in [9.17, 15) is 0 Å². The first-order chi connectivity index (χ1) is 4.93. The monoisotopic (exact) mass is 158 g/mol.